The molecule has 1 saturated carbocycles. The molecule has 2 heterocycles. The van der Waals surface area contributed by atoms with Crippen molar-refractivity contribution in [2.24, 2.45) is 33.8 Å². The first kappa shape index (κ1) is 58.9. The highest BCUT2D eigenvalue weighted by Crippen LogP contribution is 2.28. The predicted octanol–water partition coefficient (Wildman–Crippen LogP) is -2.52. The molecule has 1 saturated heterocycles. The van der Waals surface area contributed by atoms with Gasteiger partial charge in [0.25, 0.3) is 0 Å². The lowest BCUT2D eigenvalue weighted by molar-refractivity contribution is -0.143. The fourth-order valence-electron chi connectivity index (χ4n) is 8.68. The van der Waals surface area contributed by atoms with Crippen molar-refractivity contribution in [3.63, 3.8) is 0 Å². The van der Waals surface area contributed by atoms with Gasteiger partial charge in [0, 0.05) is 44.9 Å². The van der Waals surface area contributed by atoms with Gasteiger partial charge in [-0.3, -0.25) is 53.1 Å². The van der Waals surface area contributed by atoms with Crippen LogP contribution in [0, 0.1) is 5.92 Å². The van der Waals surface area contributed by atoms with Crippen LogP contribution in [-0.4, -0.2) is 148 Å². The lowest BCUT2D eigenvalue weighted by Crippen LogP contribution is -2.63. The Hall–Kier alpha value is -6.43. The van der Waals surface area contributed by atoms with Gasteiger partial charge in [-0.2, -0.15) is 0 Å². The van der Waals surface area contributed by atoms with Crippen LogP contribution < -0.4 is 60.2 Å². The number of nitrogens with two attached hydrogens (primary N) is 4. The number of guanidine groups is 1. The molecule has 16 N–H and O–H groups in total. The molecule has 1 aliphatic heterocycles. The molecule has 0 bridgehead atoms. The molecule has 7 atom stereocenters. The first-order chi connectivity index (χ1) is 33.6. The maximum absolute atomic E-state index is 14.6. The number of pyridine rings is 1. The normalized spacial score (nSPS) is 17.4. The van der Waals surface area contributed by atoms with Crippen molar-refractivity contribution in [2.75, 3.05) is 26.2 Å². The molecule has 0 unspecified atom stereocenters. The van der Waals surface area contributed by atoms with E-state index in [1.807, 2.05) is 0 Å². The van der Waals surface area contributed by atoms with Crippen LogP contribution in [0.1, 0.15) is 123 Å². The average Bonchev–Trinajstić information content (AvgIpc) is 3.81. The van der Waals surface area contributed by atoms with Gasteiger partial charge >= 0.3 is 0 Å². The number of carbonyl (C=O) groups excluding carboxylic acids is 9. The summed E-state index contributed by atoms with van der Waals surface area (Å²) in [7, 11) is 0. The molecular weight excluding hydrogens is 921 g/mol. The number of aliphatic hydroxyl groups excluding tert-OH is 1. The number of aromatic nitrogens is 1. The van der Waals surface area contributed by atoms with Gasteiger partial charge in [-0.1, -0.05) is 38.5 Å². The maximum Gasteiger partial charge on any atom is 0.248 e. The third-order valence-corrected chi connectivity index (χ3v) is 12.5. The molecular formula is C47H78N14O10. The van der Waals surface area contributed by atoms with Gasteiger partial charge in [-0.05, 0) is 95.9 Å². The van der Waals surface area contributed by atoms with Gasteiger partial charge < -0.3 is 70.2 Å². The Morgan fingerprint density at radius 3 is 2.03 bits per heavy atom. The molecule has 0 aromatic carbocycles. The van der Waals surface area contributed by atoms with E-state index in [2.05, 4.69) is 47.2 Å². The Bertz CT molecular complexity index is 2000. The zero-order valence-electron chi connectivity index (χ0n) is 41.6. The number of nitrogens with zero attached hydrogens (tertiary/aromatic N) is 3. The van der Waals surface area contributed by atoms with E-state index >= 15 is 0 Å². The van der Waals surface area contributed by atoms with Crippen molar-refractivity contribution in [1.29, 1.82) is 0 Å². The van der Waals surface area contributed by atoms with Crippen LogP contribution >= 0.6 is 0 Å². The molecule has 0 radical (unpaired) electrons. The van der Waals surface area contributed by atoms with Crippen LogP contribution in [0.3, 0.4) is 0 Å². The van der Waals surface area contributed by atoms with Crippen molar-refractivity contribution >= 4 is 59.1 Å². The number of amides is 9. The topological polar surface area (TPSA) is 391 Å². The molecule has 2 fully saturated rings. The number of hydrogen-bond acceptors (Lipinski definition) is 13. The Morgan fingerprint density at radius 1 is 0.761 bits per heavy atom. The SMILES string of the molecule is CC(=O)N[C@@H](CO)C(=O)N1CCC[C@@H]1C(=O)N[C@@H](CCCN=C(N)N)C(=O)N[C@@H](Cc1ccncc1)C(=O)N[C@@H](CC1CCCCC1)C(=O)NC(C)(C)C(=O)N[C@@H](CC(N)=O)C(=O)N[C@H](C)CCCCN. The minimum absolute atomic E-state index is 0.0105. The summed E-state index contributed by atoms with van der Waals surface area (Å²) in [5.41, 5.74) is 21.0. The molecule has 1 aliphatic carbocycles. The molecule has 24 heteroatoms. The van der Waals surface area contributed by atoms with E-state index in [9.17, 15) is 48.3 Å². The molecule has 1 aromatic rings. The van der Waals surface area contributed by atoms with E-state index < -0.39 is 108 Å². The van der Waals surface area contributed by atoms with E-state index in [0.717, 1.165) is 44.9 Å². The van der Waals surface area contributed by atoms with Gasteiger partial charge in [-0.15, -0.1) is 0 Å². The second-order valence-corrected chi connectivity index (χ2v) is 19.1. The summed E-state index contributed by atoms with van der Waals surface area (Å²) in [5, 5.41) is 28.7. The first-order valence-electron chi connectivity index (χ1n) is 24.6. The Labute approximate surface area is 415 Å². The van der Waals surface area contributed by atoms with Crippen molar-refractivity contribution < 1.29 is 48.3 Å². The van der Waals surface area contributed by atoms with Crippen LogP contribution in [0.2, 0.25) is 0 Å². The molecule has 1 aromatic heterocycles. The number of likely N-dealkylation sites (tertiary alicyclic amines) is 1. The molecule has 71 heavy (non-hydrogen) atoms. The molecule has 0 spiro atoms. The third-order valence-electron chi connectivity index (χ3n) is 12.5. The van der Waals surface area contributed by atoms with Crippen molar-refractivity contribution in [2.45, 2.75) is 172 Å². The fourth-order valence-corrected chi connectivity index (χ4v) is 8.68. The minimum atomic E-state index is -1.69. The van der Waals surface area contributed by atoms with Crippen LogP contribution in [-0.2, 0) is 49.6 Å². The summed E-state index contributed by atoms with van der Waals surface area (Å²) in [5.74, 6) is -6.58. The van der Waals surface area contributed by atoms with E-state index in [1.54, 1.807) is 19.1 Å². The van der Waals surface area contributed by atoms with Gasteiger partial charge in [0.15, 0.2) is 5.96 Å². The highest BCUT2D eigenvalue weighted by molar-refractivity contribution is 5.99. The van der Waals surface area contributed by atoms with Crippen LogP contribution in [0.25, 0.3) is 0 Å². The number of primary amides is 1. The lowest BCUT2D eigenvalue weighted by Gasteiger charge is -2.32. The Kier molecular flexibility index (Phi) is 24.6. The number of hydrogen-bond donors (Lipinski definition) is 12. The summed E-state index contributed by atoms with van der Waals surface area (Å²) < 4.78 is 0. The molecule has 2 aliphatic rings. The number of carbonyl (C=O) groups is 9. The van der Waals surface area contributed by atoms with Gasteiger partial charge in [0.05, 0.1) is 13.0 Å². The summed E-state index contributed by atoms with van der Waals surface area (Å²) in [4.78, 5) is 131. The third kappa shape index (κ3) is 20.4. The summed E-state index contributed by atoms with van der Waals surface area (Å²) in [6.45, 7) is 5.84. The summed E-state index contributed by atoms with van der Waals surface area (Å²) in [6.07, 6.45) is 10.0. The monoisotopic (exact) mass is 999 g/mol. The fraction of sp³-hybridized carbons (Fsp3) is 0.681. The second kappa shape index (κ2) is 29.7. The van der Waals surface area contributed by atoms with Crippen molar-refractivity contribution in [1.82, 2.24) is 47.1 Å². The first-order valence-corrected chi connectivity index (χ1v) is 24.6. The maximum atomic E-state index is 14.6. The second-order valence-electron chi connectivity index (χ2n) is 19.1. The molecule has 3 rings (SSSR count). The van der Waals surface area contributed by atoms with E-state index in [0.29, 0.717) is 24.9 Å². The quantitative estimate of drug-likeness (QED) is 0.0224. The van der Waals surface area contributed by atoms with E-state index in [4.69, 9.17) is 22.9 Å². The van der Waals surface area contributed by atoms with Crippen LogP contribution in [0.5, 0.6) is 0 Å². The largest absolute Gasteiger partial charge is 0.394 e. The van der Waals surface area contributed by atoms with E-state index in [1.165, 1.54) is 38.1 Å². The minimum Gasteiger partial charge on any atom is -0.394 e. The molecule has 24 nitrogen and oxygen atoms in total. The van der Waals surface area contributed by atoms with Crippen LogP contribution in [0.4, 0.5) is 0 Å². The number of nitrogens with one attached hydrogen (secondary N) is 7. The molecule has 396 valence electrons. The number of aliphatic imine (C=N–C) groups is 1. The standard InChI is InChI=1S/C47H78N14O10/c1-28(12-8-9-19-48)54-40(66)35(26-38(49)64)59-45(71)47(3,4)60-42(68)34(24-30-13-6-5-7-14-30)58-41(67)33(25-31-17-21-52-22-18-31)57-39(65)32(15-10-20-53-46(50)51)56-43(69)37-16-11-23-61(37)44(70)36(27-62)55-29(2)63/h17-18,21-22,28,30,32-37,62H,5-16,19-20,23-27,48H2,1-4H3,(H2,49,64)(H,54,66)(H,55,63)(H,56,69)(H,57,65)(H,58,67)(H,59,71)(H,60,68)(H4,50,51,53)/t28-,32+,33+,34+,35+,36+,37-/m1/s1. The van der Waals surface area contributed by atoms with Crippen molar-refractivity contribution in [3.8, 4) is 0 Å². The zero-order chi connectivity index (χ0) is 52.7. The van der Waals surface area contributed by atoms with Gasteiger partial charge in [-0.25, -0.2) is 0 Å². The average molecular weight is 999 g/mol. The van der Waals surface area contributed by atoms with Gasteiger partial charge in [0.1, 0.15) is 41.8 Å². The predicted molar refractivity (Wildman–Crippen MR) is 263 cm³/mol. The number of aliphatic hydroxyl groups is 1. The van der Waals surface area contributed by atoms with Crippen LogP contribution in [0.15, 0.2) is 29.5 Å². The highest BCUT2D eigenvalue weighted by atomic mass is 16.3. The lowest BCUT2D eigenvalue weighted by atomic mass is 9.84. The number of rotatable bonds is 29. The van der Waals surface area contributed by atoms with Gasteiger partial charge in [0.2, 0.25) is 53.2 Å². The zero-order valence-corrected chi connectivity index (χ0v) is 41.6. The van der Waals surface area contributed by atoms with E-state index in [-0.39, 0.29) is 63.1 Å². The molecule has 9 amide bonds. The Balaban J connectivity index is 1.91. The highest BCUT2D eigenvalue weighted by Gasteiger charge is 2.40. The number of unbranched alkanes of at least 4 members (excludes halogenated alkanes) is 1. The summed E-state index contributed by atoms with van der Waals surface area (Å²) >= 11 is 0. The smallest absolute Gasteiger partial charge is 0.248 e. The summed E-state index contributed by atoms with van der Waals surface area (Å²) in [6, 6.07) is -4.52. The van der Waals surface area contributed by atoms with Crippen molar-refractivity contribution in [3.05, 3.63) is 30.1 Å². The Morgan fingerprint density at radius 2 is 1.41 bits per heavy atom.